The SMILES string of the molecule is N#Cc1ccc(C[C@H](NC(=O)c2ccc3nc(-c4ccncc4)[nH]c3c2)C(N)=O)cc1. The number of hydrogen-bond acceptors (Lipinski definition) is 5. The fraction of sp³-hybridized carbons (Fsp3) is 0.0870. The van der Waals surface area contributed by atoms with Crippen LogP contribution in [0.4, 0.5) is 0 Å². The Morgan fingerprint density at radius 2 is 1.84 bits per heavy atom. The molecule has 8 heteroatoms. The summed E-state index contributed by atoms with van der Waals surface area (Å²) in [5.41, 5.74) is 9.47. The number of aromatic amines is 1. The van der Waals surface area contributed by atoms with Crippen LogP contribution in [0.2, 0.25) is 0 Å². The summed E-state index contributed by atoms with van der Waals surface area (Å²) in [5.74, 6) is -0.384. The van der Waals surface area contributed by atoms with Crippen LogP contribution in [-0.4, -0.2) is 32.8 Å². The Labute approximate surface area is 177 Å². The molecule has 4 N–H and O–H groups in total. The number of primary amides is 1. The van der Waals surface area contributed by atoms with Crippen molar-refractivity contribution in [1.82, 2.24) is 20.3 Å². The van der Waals surface area contributed by atoms with Crippen LogP contribution in [0.25, 0.3) is 22.4 Å². The van der Waals surface area contributed by atoms with Crippen molar-refractivity contribution < 1.29 is 9.59 Å². The average molecular weight is 410 g/mol. The number of rotatable bonds is 6. The summed E-state index contributed by atoms with van der Waals surface area (Å²) < 4.78 is 0. The molecule has 2 amide bonds. The lowest BCUT2D eigenvalue weighted by atomic mass is 10.0. The van der Waals surface area contributed by atoms with Crippen molar-refractivity contribution in [2.45, 2.75) is 12.5 Å². The Balaban J connectivity index is 1.53. The number of aromatic nitrogens is 3. The van der Waals surface area contributed by atoms with Crippen LogP contribution in [0, 0.1) is 11.3 Å². The van der Waals surface area contributed by atoms with Crippen LogP contribution >= 0.6 is 0 Å². The number of nitriles is 1. The number of nitrogens with one attached hydrogen (secondary N) is 2. The summed E-state index contributed by atoms with van der Waals surface area (Å²) >= 11 is 0. The van der Waals surface area contributed by atoms with Crippen molar-refractivity contribution in [3.63, 3.8) is 0 Å². The molecule has 2 heterocycles. The highest BCUT2D eigenvalue weighted by molar-refractivity contribution is 6.00. The van der Waals surface area contributed by atoms with Crippen molar-refractivity contribution in [3.8, 4) is 17.5 Å². The van der Waals surface area contributed by atoms with E-state index in [2.05, 4.69) is 20.3 Å². The van der Waals surface area contributed by atoms with E-state index in [4.69, 9.17) is 11.0 Å². The number of nitrogens with zero attached hydrogens (tertiary/aromatic N) is 3. The minimum Gasteiger partial charge on any atom is -0.368 e. The summed E-state index contributed by atoms with van der Waals surface area (Å²) in [6, 6.07) is 16.7. The van der Waals surface area contributed by atoms with Crippen molar-refractivity contribution >= 4 is 22.8 Å². The Bertz CT molecular complexity index is 1290. The topological polar surface area (TPSA) is 138 Å². The summed E-state index contributed by atoms with van der Waals surface area (Å²) in [6.07, 6.45) is 3.59. The second-order valence-corrected chi connectivity index (χ2v) is 6.99. The first-order valence-electron chi connectivity index (χ1n) is 9.53. The molecule has 1 atom stereocenters. The maximum atomic E-state index is 12.8. The summed E-state index contributed by atoms with van der Waals surface area (Å²) in [7, 11) is 0. The maximum absolute atomic E-state index is 12.8. The highest BCUT2D eigenvalue weighted by atomic mass is 16.2. The number of imidazole rings is 1. The first kappa shape index (κ1) is 19.8. The monoisotopic (exact) mass is 410 g/mol. The first-order chi connectivity index (χ1) is 15.0. The molecular formula is C23H18N6O2. The third-order valence-electron chi connectivity index (χ3n) is 4.87. The number of carbonyl (C=O) groups is 2. The zero-order valence-electron chi connectivity index (χ0n) is 16.4. The van der Waals surface area contributed by atoms with Crippen molar-refractivity contribution in [3.05, 3.63) is 83.7 Å². The molecule has 0 saturated heterocycles. The molecular weight excluding hydrogens is 392 g/mol. The lowest BCUT2D eigenvalue weighted by Gasteiger charge is -2.15. The minimum atomic E-state index is -0.884. The number of amides is 2. The molecule has 0 fully saturated rings. The molecule has 0 aliphatic heterocycles. The Morgan fingerprint density at radius 1 is 1.10 bits per heavy atom. The molecule has 2 aromatic carbocycles. The molecule has 0 unspecified atom stereocenters. The zero-order chi connectivity index (χ0) is 21.8. The molecule has 0 bridgehead atoms. The predicted molar refractivity (Wildman–Crippen MR) is 115 cm³/mol. The van der Waals surface area contributed by atoms with E-state index in [1.807, 2.05) is 18.2 Å². The van der Waals surface area contributed by atoms with E-state index < -0.39 is 17.9 Å². The Morgan fingerprint density at radius 3 is 2.52 bits per heavy atom. The van der Waals surface area contributed by atoms with E-state index in [1.54, 1.807) is 54.9 Å². The Hall–Kier alpha value is -4.51. The molecule has 4 aromatic rings. The van der Waals surface area contributed by atoms with E-state index in [1.165, 1.54) is 0 Å². The van der Waals surface area contributed by atoms with Crippen LogP contribution in [-0.2, 0) is 11.2 Å². The van der Waals surface area contributed by atoms with Gasteiger partial charge in [-0.05, 0) is 48.0 Å². The lowest BCUT2D eigenvalue weighted by Crippen LogP contribution is -2.45. The quantitative estimate of drug-likeness (QED) is 0.448. The van der Waals surface area contributed by atoms with Gasteiger partial charge >= 0.3 is 0 Å². The van der Waals surface area contributed by atoms with Gasteiger partial charge in [-0.3, -0.25) is 14.6 Å². The van der Waals surface area contributed by atoms with Gasteiger partial charge in [0, 0.05) is 29.9 Å². The third-order valence-corrected chi connectivity index (χ3v) is 4.87. The van der Waals surface area contributed by atoms with Crippen LogP contribution in [0.1, 0.15) is 21.5 Å². The van der Waals surface area contributed by atoms with Gasteiger partial charge in [-0.1, -0.05) is 12.1 Å². The third kappa shape index (κ3) is 4.41. The van der Waals surface area contributed by atoms with Gasteiger partial charge in [-0.25, -0.2) is 4.98 Å². The predicted octanol–water partition coefficient (Wildman–Crippen LogP) is 2.32. The number of hydrogen-bond donors (Lipinski definition) is 3. The van der Waals surface area contributed by atoms with E-state index in [0.717, 1.165) is 11.1 Å². The molecule has 31 heavy (non-hydrogen) atoms. The number of fused-ring (bicyclic) bond motifs is 1. The fourth-order valence-corrected chi connectivity index (χ4v) is 3.21. The lowest BCUT2D eigenvalue weighted by molar-refractivity contribution is -0.119. The van der Waals surface area contributed by atoms with Crippen LogP contribution < -0.4 is 11.1 Å². The van der Waals surface area contributed by atoms with Gasteiger partial charge < -0.3 is 16.0 Å². The number of carbonyl (C=O) groups excluding carboxylic acids is 2. The highest BCUT2D eigenvalue weighted by Crippen LogP contribution is 2.21. The molecule has 0 spiro atoms. The fourth-order valence-electron chi connectivity index (χ4n) is 3.21. The molecule has 4 rings (SSSR count). The van der Waals surface area contributed by atoms with Gasteiger partial charge in [-0.2, -0.15) is 5.26 Å². The zero-order valence-corrected chi connectivity index (χ0v) is 16.4. The summed E-state index contributed by atoms with van der Waals surface area (Å²) in [5, 5.41) is 11.6. The molecule has 0 aliphatic rings. The van der Waals surface area contributed by atoms with Crippen molar-refractivity contribution in [2.75, 3.05) is 0 Å². The summed E-state index contributed by atoms with van der Waals surface area (Å²) in [6.45, 7) is 0. The van der Waals surface area contributed by atoms with Gasteiger partial charge in [0.15, 0.2) is 0 Å². The van der Waals surface area contributed by atoms with E-state index >= 15 is 0 Å². The largest absolute Gasteiger partial charge is 0.368 e. The van der Waals surface area contributed by atoms with Gasteiger partial charge in [0.2, 0.25) is 5.91 Å². The molecule has 0 aliphatic carbocycles. The van der Waals surface area contributed by atoms with Crippen LogP contribution in [0.3, 0.4) is 0 Å². The van der Waals surface area contributed by atoms with Crippen LogP contribution in [0.15, 0.2) is 67.0 Å². The normalized spacial score (nSPS) is 11.6. The molecule has 2 aromatic heterocycles. The van der Waals surface area contributed by atoms with Crippen LogP contribution in [0.5, 0.6) is 0 Å². The molecule has 0 saturated carbocycles. The maximum Gasteiger partial charge on any atom is 0.252 e. The molecule has 0 radical (unpaired) electrons. The molecule has 8 nitrogen and oxygen atoms in total. The van der Waals surface area contributed by atoms with Gasteiger partial charge in [0.1, 0.15) is 11.9 Å². The number of pyridine rings is 1. The van der Waals surface area contributed by atoms with E-state index in [9.17, 15) is 9.59 Å². The van der Waals surface area contributed by atoms with Gasteiger partial charge in [0.25, 0.3) is 5.91 Å². The minimum absolute atomic E-state index is 0.227. The Kier molecular flexibility index (Phi) is 5.41. The second-order valence-electron chi connectivity index (χ2n) is 6.99. The van der Waals surface area contributed by atoms with Gasteiger partial charge in [-0.15, -0.1) is 0 Å². The first-order valence-corrected chi connectivity index (χ1v) is 9.53. The smallest absolute Gasteiger partial charge is 0.252 e. The second kappa shape index (κ2) is 8.47. The van der Waals surface area contributed by atoms with Crippen molar-refractivity contribution in [2.24, 2.45) is 5.73 Å². The summed E-state index contributed by atoms with van der Waals surface area (Å²) in [4.78, 5) is 36.4. The highest BCUT2D eigenvalue weighted by Gasteiger charge is 2.20. The standard InChI is InChI=1S/C23H18N6O2/c24-13-15-3-1-14(2-4-15)11-20(21(25)30)29-23(31)17-5-6-18-19(12-17)28-22(27-18)16-7-9-26-10-8-16/h1-10,12,20H,11H2,(H2,25,30)(H,27,28)(H,29,31)/t20-/m0/s1. The number of benzene rings is 2. The number of H-pyrrole nitrogens is 1. The molecule has 152 valence electrons. The average Bonchev–Trinajstić information content (AvgIpc) is 3.23. The van der Waals surface area contributed by atoms with E-state index in [0.29, 0.717) is 28.0 Å². The van der Waals surface area contributed by atoms with Crippen molar-refractivity contribution in [1.29, 1.82) is 5.26 Å². The van der Waals surface area contributed by atoms with E-state index in [-0.39, 0.29) is 6.42 Å². The van der Waals surface area contributed by atoms with Gasteiger partial charge in [0.05, 0.1) is 22.7 Å². The number of nitrogens with two attached hydrogens (primary N) is 1.